The maximum Gasteiger partial charge on any atom is 0.336 e. The molecule has 0 radical (unpaired) electrons. The Hall–Kier alpha value is -1.03. The van der Waals surface area contributed by atoms with Crippen LogP contribution in [-0.4, -0.2) is 72.5 Å². The quantitative estimate of drug-likeness (QED) is 0.562. The fourth-order valence-corrected chi connectivity index (χ4v) is 3.64. The van der Waals surface area contributed by atoms with E-state index in [2.05, 4.69) is 6.58 Å². The monoisotopic (exact) mass is 372 g/mol. The van der Waals surface area contributed by atoms with Crippen molar-refractivity contribution >= 4 is 5.97 Å². The molecule has 3 heterocycles. The lowest BCUT2D eigenvalue weighted by Gasteiger charge is -2.28. The summed E-state index contributed by atoms with van der Waals surface area (Å²) in [6.45, 7) is 13.1. The van der Waals surface area contributed by atoms with Crippen molar-refractivity contribution in [3.63, 3.8) is 0 Å². The Balaban J connectivity index is 1.79. The van der Waals surface area contributed by atoms with Gasteiger partial charge >= 0.3 is 5.97 Å². The average molecular weight is 372 g/mol. The molecule has 0 spiro atoms. The molecular weight excluding hydrogens is 344 g/mol. The Morgan fingerprint density at radius 2 is 1.81 bits per heavy atom. The SMILES string of the molecule is C=C(C(=O)OCC)[C@H](O)[C@H]1O[C@H]([C@H]2COC(C)(C)O2)[C@@H]2OC(C)(C)O[C@@H]21. The number of hydrogen-bond donors (Lipinski definition) is 1. The van der Waals surface area contributed by atoms with Crippen molar-refractivity contribution in [2.45, 2.75) is 82.8 Å². The smallest absolute Gasteiger partial charge is 0.336 e. The van der Waals surface area contributed by atoms with Crippen LogP contribution in [0.3, 0.4) is 0 Å². The first-order chi connectivity index (χ1) is 12.0. The van der Waals surface area contributed by atoms with Gasteiger partial charge in [-0.2, -0.15) is 0 Å². The Kier molecular flexibility index (Phi) is 5.20. The van der Waals surface area contributed by atoms with E-state index < -0.39 is 48.1 Å². The van der Waals surface area contributed by atoms with Gasteiger partial charge in [-0.3, -0.25) is 0 Å². The van der Waals surface area contributed by atoms with E-state index in [0.29, 0.717) is 6.61 Å². The van der Waals surface area contributed by atoms with Gasteiger partial charge in [-0.05, 0) is 34.6 Å². The lowest BCUT2D eigenvalue weighted by molar-refractivity contribution is -0.213. The van der Waals surface area contributed by atoms with Crippen molar-refractivity contribution in [3.8, 4) is 0 Å². The summed E-state index contributed by atoms with van der Waals surface area (Å²) in [5.74, 6) is -2.22. The maximum absolute atomic E-state index is 11.9. The van der Waals surface area contributed by atoms with Crippen LogP contribution < -0.4 is 0 Å². The number of ether oxygens (including phenoxy) is 6. The summed E-state index contributed by atoms with van der Waals surface area (Å²) in [4.78, 5) is 11.9. The van der Waals surface area contributed by atoms with E-state index in [1.807, 2.05) is 13.8 Å². The number of aliphatic hydroxyl groups is 1. The predicted octanol–water partition coefficient (Wildman–Crippen LogP) is 0.906. The molecule has 0 aromatic carbocycles. The molecule has 1 N–H and O–H groups in total. The highest BCUT2D eigenvalue weighted by Gasteiger charge is 2.60. The maximum atomic E-state index is 11.9. The van der Waals surface area contributed by atoms with Gasteiger partial charge in [0.2, 0.25) is 0 Å². The molecule has 3 fully saturated rings. The first-order valence-electron chi connectivity index (χ1n) is 8.91. The van der Waals surface area contributed by atoms with Gasteiger partial charge in [-0.1, -0.05) is 6.58 Å². The van der Waals surface area contributed by atoms with E-state index in [4.69, 9.17) is 28.4 Å². The minimum Gasteiger partial charge on any atom is -0.463 e. The van der Waals surface area contributed by atoms with E-state index in [0.717, 1.165) is 0 Å². The molecule has 148 valence electrons. The molecule has 6 atom stereocenters. The van der Waals surface area contributed by atoms with Crippen LogP contribution in [0, 0.1) is 0 Å². The minimum atomic E-state index is -1.28. The first kappa shape index (κ1) is 19.7. The highest BCUT2D eigenvalue weighted by Crippen LogP contribution is 2.43. The second kappa shape index (κ2) is 6.85. The zero-order chi connectivity index (χ0) is 19.3. The molecule has 0 amide bonds. The Morgan fingerprint density at radius 3 is 2.38 bits per heavy atom. The van der Waals surface area contributed by atoms with E-state index in [1.54, 1.807) is 20.8 Å². The largest absolute Gasteiger partial charge is 0.463 e. The van der Waals surface area contributed by atoms with Gasteiger partial charge in [0.1, 0.15) is 36.6 Å². The van der Waals surface area contributed by atoms with Crippen molar-refractivity contribution < 1.29 is 38.3 Å². The third kappa shape index (κ3) is 3.67. The number of esters is 1. The van der Waals surface area contributed by atoms with Crippen LogP contribution in [0.4, 0.5) is 0 Å². The summed E-state index contributed by atoms with van der Waals surface area (Å²) in [6, 6.07) is 0. The van der Waals surface area contributed by atoms with Crippen LogP contribution in [0.25, 0.3) is 0 Å². The van der Waals surface area contributed by atoms with Gasteiger partial charge in [-0.15, -0.1) is 0 Å². The molecular formula is C18H28O8. The lowest BCUT2D eigenvalue weighted by atomic mass is 9.98. The van der Waals surface area contributed by atoms with Crippen LogP contribution in [0.2, 0.25) is 0 Å². The zero-order valence-corrected chi connectivity index (χ0v) is 15.9. The minimum absolute atomic E-state index is 0.0755. The Labute approximate surface area is 153 Å². The zero-order valence-electron chi connectivity index (χ0n) is 15.9. The first-order valence-corrected chi connectivity index (χ1v) is 8.91. The molecule has 3 saturated heterocycles. The number of carbonyl (C=O) groups is 1. The van der Waals surface area contributed by atoms with Crippen molar-refractivity contribution in [1.29, 1.82) is 0 Å². The fourth-order valence-electron chi connectivity index (χ4n) is 3.64. The molecule has 3 aliphatic heterocycles. The van der Waals surface area contributed by atoms with Crippen LogP contribution in [0.1, 0.15) is 34.6 Å². The molecule has 3 rings (SSSR count). The van der Waals surface area contributed by atoms with Gasteiger partial charge in [0.15, 0.2) is 11.6 Å². The van der Waals surface area contributed by atoms with Gasteiger partial charge in [0.25, 0.3) is 0 Å². The van der Waals surface area contributed by atoms with Crippen LogP contribution >= 0.6 is 0 Å². The van der Waals surface area contributed by atoms with Crippen LogP contribution in [0.15, 0.2) is 12.2 Å². The molecule has 0 bridgehead atoms. The van der Waals surface area contributed by atoms with Gasteiger partial charge < -0.3 is 33.5 Å². The Morgan fingerprint density at radius 1 is 1.15 bits per heavy atom. The molecule has 0 aromatic heterocycles. The second-order valence-corrected chi connectivity index (χ2v) is 7.69. The number of aliphatic hydroxyl groups excluding tert-OH is 1. The van der Waals surface area contributed by atoms with E-state index in [-0.39, 0.29) is 18.3 Å². The van der Waals surface area contributed by atoms with E-state index in [9.17, 15) is 9.90 Å². The Bertz CT molecular complexity index is 572. The third-order valence-corrected chi connectivity index (χ3v) is 4.73. The van der Waals surface area contributed by atoms with Crippen molar-refractivity contribution in [3.05, 3.63) is 12.2 Å². The number of hydrogen-bond acceptors (Lipinski definition) is 8. The topological polar surface area (TPSA) is 92.7 Å². The number of carbonyl (C=O) groups excluding carboxylic acids is 1. The molecule has 0 unspecified atom stereocenters. The van der Waals surface area contributed by atoms with Gasteiger partial charge in [0, 0.05) is 0 Å². The highest BCUT2D eigenvalue weighted by atomic mass is 16.8. The summed E-state index contributed by atoms with van der Waals surface area (Å²) in [7, 11) is 0. The number of fused-ring (bicyclic) bond motifs is 1. The highest BCUT2D eigenvalue weighted by molar-refractivity contribution is 5.89. The van der Waals surface area contributed by atoms with Gasteiger partial charge in [0.05, 0.1) is 18.8 Å². The molecule has 26 heavy (non-hydrogen) atoms. The molecule has 0 saturated carbocycles. The summed E-state index contributed by atoms with van der Waals surface area (Å²) in [5, 5.41) is 10.7. The summed E-state index contributed by atoms with van der Waals surface area (Å²) in [6.07, 6.45) is -4.00. The third-order valence-electron chi connectivity index (χ3n) is 4.73. The summed E-state index contributed by atoms with van der Waals surface area (Å²) >= 11 is 0. The average Bonchev–Trinajstić information content (AvgIpc) is 3.15. The standard InChI is InChI=1S/C18H28O8/c1-7-21-16(20)9(2)11(19)13-15-14(25-18(5,6)26-15)12(23-13)10-8-22-17(3,4)24-10/h10-15,19H,2,7-8H2,1,3-6H3/t10-,11+,12-,13-,14+,15-/m1/s1. The van der Waals surface area contributed by atoms with Gasteiger partial charge in [-0.25, -0.2) is 4.79 Å². The van der Waals surface area contributed by atoms with Crippen LogP contribution in [-0.2, 0) is 33.2 Å². The lowest BCUT2D eigenvalue weighted by Crippen LogP contribution is -2.41. The second-order valence-electron chi connectivity index (χ2n) is 7.69. The van der Waals surface area contributed by atoms with E-state index >= 15 is 0 Å². The van der Waals surface area contributed by atoms with Crippen LogP contribution in [0.5, 0.6) is 0 Å². The summed E-state index contributed by atoms with van der Waals surface area (Å²) < 4.78 is 34.4. The molecule has 3 aliphatic rings. The molecule has 0 aliphatic carbocycles. The number of rotatable bonds is 5. The van der Waals surface area contributed by atoms with E-state index in [1.165, 1.54) is 0 Å². The molecule has 0 aromatic rings. The van der Waals surface area contributed by atoms with Crippen molar-refractivity contribution in [2.75, 3.05) is 13.2 Å². The molecule has 8 nitrogen and oxygen atoms in total. The van der Waals surface area contributed by atoms with Crippen molar-refractivity contribution in [2.24, 2.45) is 0 Å². The molecule has 8 heteroatoms. The predicted molar refractivity (Wildman–Crippen MR) is 89.2 cm³/mol. The van der Waals surface area contributed by atoms with Crippen molar-refractivity contribution in [1.82, 2.24) is 0 Å². The normalized spacial score (nSPS) is 38.8. The summed E-state index contributed by atoms with van der Waals surface area (Å²) in [5.41, 5.74) is -0.0755. The fraction of sp³-hybridized carbons (Fsp3) is 0.833.